The summed E-state index contributed by atoms with van der Waals surface area (Å²) in [7, 11) is -2.74. The summed E-state index contributed by atoms with van der Waals surface area (Å²) >= 11 is 0. The van der Waals surface area contributed by atoms with Crippen molar-refractivity contribution in [3.8, 4) is 0 Å². The molecule has 0 saturated heterocycles. The smallest absolute Gasteiger partial charge is 0.271 e. The lowest BCUT2D eigenvalue weighted by molar-refractivity contribution is 0.104. The summed E-state index contributed by atoms with van der Waals surface area (Å²) < 4.78 is 26.2. The number of carbonyl (C=O) groups is 1. The predicted octanol–water partition coefficient (Wildman–Crippen LogP) is 2.58. The van der Waals surface area contributed by atoms with Crippen LogP contribution in [0.5, 0.6) is 0 Å². The molecule has 2 aromatic carbocycles. The minimum Gasteiger partial charge on any atom is -0.506 e. The first-order valence-electron chi connectivity index (χ1n) is 6.56. The maximum absolute atomic E-state index is 12.6. The lowest BCUT2D eigenvalue weighted by Crippen LogP contribution is -2.37. The van der Waals surface area contributed by atoms with E-state index in [1.807, 2.05) is 0 Å². The molecule has 2 aromatic rings. The van der Waals surface area contributed by atoms with Gasteiger partial charge in [-0.2, -0.15) is 0 Å². The highest BCUT2D eigenvalue weighted by Gasteiger charge is 2.40. The van der Waals surface area contributed by atoms with Gasteiger partial charge in [0.2, 0.25) is 5.78 Å². The fourth-order valence-electron chi connectivity index (χ4n) is 2.40. The summed E-state index contributed by atoms with van der Waals surface area (Å²) in [4.78, 5) is 12.0. The van der Waals surface area contributed by atoms with Crippen LogP contribution in [0.2, 0.25) is 0 Å². The number of aliphatic hydroxyl groups excluding tert-OH is 1. The molecule has 1 aliphatic heterocycles. The molecule has 5 nitrogen and oxygen atoms in total. The van der Waals surface area contributed by atoms with Gasteiger partial charge in [-0.3, -0.25) is 9.10 Å². The molecule has 0 spiro atoms. The van der Waals surface area contributed by atoms with Crippen LogP contribution in [0.1, 0.15) is 15.9 Å². The Morgan fingerprint density at radius 1 is 1.00 bits per heavy atom. The molecule has 112 valence electrons. The molecule has 0 saturated carbocycles. The Morgan fingerprint density at radius 2 is 1.59 bits per heavy atom. The number of rotatable bonds is 1. The highest BCUT2D eigenvalue weighted by molar-refractivity contribution is 7.98. The first kappa shape index (κ1) is 14.3. The second-order valence-electron chi connectivity index (χ2n) is 4.86. The van der Waals surface area contributed by atoms with E-state index in [0.717, 1.165) is 4.31 Å². The summed E-state index contributed by atoms with van der Waals surface area (Å²) in [6.45, 7) is 0. The van der Waals surface area contributed by atoms with Crippen LogP contribution in [0.3, 0.4) is 0 Å². The van der Waals surface area contributed by atoms with E-state index in [4.69, 9.17) is 0 Å². The van der Waals surface area contributed by atoms with Crippen molar-refractivity contribution in [2.75, 3.05) is 11.4 Å². The van der Waals surface area contributed by atoms with Crippen molar-refractivity contribution >= 4 is 27.3 Å². The Hall–Kier alpha value is -2.60. The van der Waals surface area contributed by atoms with Crippen molar-refractivity contribution < 1.29 is 18.3 Å². The van der Waals surface area contributed by atoms with Gasteiger partial charge in [-0.05, 0) is 12.1 Å². The number of fused-ring (bicyclic) bond motifs is 1. The number of benzene rings is 2. The van der Waals surface area contributed by atoms with Crippen molar-refractivity contribution in [3.05, 3.63) is 70.6 Å². The number of Topliss-reactive ketones (excluding diaryl/α,β-unsaturated/α-hetero) is 1. The van der Waals surface area contributed by atoms with E-state index in [-0.39, 0.29) is 11.1 Å². The van der Waals surface area contributed by atoms with Crippen LogP contribution in [0.15, 0.2) is 59.5 Å². The van der Waals surface area contributed by atoms with Gasteiger partial charge in [0, 0.05) is 18.2 Å². The van der Waals surface area contributed by atoms with Crippen LogP contribution in [0, 0.1) is 0 Å². The highest BCUT2D eigenvalue weighted by atomic mass is 32.2. The first-order chi connectivity index (χ1) is 10.4. The quantitative estimate of drug-likeness (QED) is 0.648. The molecule has 0 bridgehead atoms. The number of ketones is 1. The Labute approximate surface area is 128 Å². The van der Waals surface area contributed by atoms with E-state index in [0.29, 0.717) is 5.69 Å². The van der Waals surface area contributed by atoms with E-state index in [1.165, 1.54) is 7.05 Å². The highest BCUT2D eigenvalue weighted by Crippen LogP contribution is 2.36. The predicted molar refractivity (Wildman–Crippen MR) is 84.1 cm³/mol. The Kier molecular flexibility index (Phi) is 3.26. The van der Waals surface area contributed by atoms with E-state index in [2.05, 4.69) is 0 Å². The number of para-hydroxylation sites is 1. The number of aliphatic hydroxyl groups is 1. The molecule has 0 radical (unpaired) electrons. The maximum Gasteiger partial charge on any atom is 0.271 e. The van der Waals surface area contributed by atoms with Gasteiger partial charge in [0.25, 0.3) is 10.0 Å². The van der Waals surface area contributed by atoms with Gasteiger partial charge in [0.05, 0.1) is 5.69 Å². The van der Waals surface area contributed by atoms with Gasteiger partial charge in [0.15, 0.2) is 4.91 Å². The molecule has 0 aliphatic carbocycles. The van der Waals surface area contributed by atoms with E-state index in [1.54, 1.807) is 54.6 Å². The van der Waals surface area contributed by atoms with Crippen LogP contribution in [-0.2, 0) is 10.0 Å². The fraction of sp³-hybridized carbons (Fsp3) is 0.0625. The summed E-state index contributed by atoms with van der Waals surface area (Å²) in [6.07, 6.45) is 0. The zero-order chi connectivity index (χ0) is 15.9. The third-order valence-electron chi connectivity index (χ3n) is 3.57. The largest absolute Gasteiger partial charge is 0.506 e. The van der Waals surface area contributed by atoms with Crippen molar-refractivity contribution in [1.82, 2.24) is 0 Å². The third kappa shape index (κ3) is 2.00. The van der Waals surface area contributed by atoms with E-state index >= 15 is 0 Å². The summed E-state index contributed by atoms with van der Waals surface area (Å²) in [6, 6.07) is 14.6. The SMILES string of the molecule is CN1c2ccccc2C(=O)C(=C(O)c2ccccc2)S1(=O)=O. The van der Waals surface area contributed by atoms with E-state index < -0.39 is 26.5 Å². The van der Waals surface area contributed by atoms with Gasteiger partial charge in [-0.15, -0.1) is 0 Å². The van der Waals surface area contributed by atoms with Gasteiger partial charge in [-0.25, -0.2) is 8.42 Å². The molecular weight excluding hydrogens is 302 g/mol. The standard InChI is InChI=1S/C16H13NO4S/c1-17-13-10-6-5-9-12(13)15(19)16(22(17,20)21)14(18)11-7-3-2-4-8-11/h2-10,18H,1H3. The average molecular weight is 315 g/mol. The summed E-state index contributed by atoms with van der Waals surface area (Å²) in [5, 5.41) is 10.3. The molecule has 0 atom stereocenters. The zero-order valence-electron chi connectivity index (χ0n) is 11.7. The number of allylic oxidation sites excluding steroid dienone is 1. The Morgan fingerprint density at radius 3 is 2.27 bits per heavy atom. The molecule has 1 heterocycles. The van der Waals surface area contributed by atoms with Crippen LogP contribution in [-0.4, -0.2) is 26.4 Å². The second-order valence-corrected chi connectivity index (χ2v) is 6.77. The third-order valence-corrected chi connectivity index (χ3v) is 5.39. The number of sulfonamides is 1. The molecule has 1 aliphatic rings. The van der Waals surface area contributed by atoms with E-state index in [9.17, 15) is 18.3 Å². The summed E-state index contributed by atoms with van der Waals surface area (Å²) in [5.41, 5.74) is 0.830. The molecule has 1 N–H and O–H groups in total. The number of nitrogens with zero attached hydrogens (tertiary/aromatic N) is 1. The molecule has 6 heteroatoms. The number of hydrogen-bond donors (Lipinski definition) is 1. The lowest BCUT2D eigenvalue weighted by atomic mass is 10.1. The molecular formula is C16H13NO4S. The maximum atomic E-state index is 12.6. The van der Waals surface area contributed by atoms with Crippen LogP contribution < -0.4 is 4.31 Å². The van der Waals surface area contributed by atoms with Crippen molar-refractivity contribution in [2.45, 2.75) is 0 Å². The topological polar surface area (TPSA) is 74.7 Å². The normalized spacial score (nSPS) is 18.8. The molecule has 0 amide bonds. The van der Waals surface area contributed by atoms with Gasteiger partial charge in [-0.1, -0.05) is 42.5 Å². The van der Waals surface area contributed by atoms with Gasteiger partial charge >= 0.3 is 0 Å². The first-order valence-corrected chi connectivity index (χ1v) is 8.00. The van der Waals surface area contributed by atoms with Gasteiger partial charge < -0.3 is 5.11 Å². The van der Waals surface area contributed by atoms with Crippen LogP contribution in [0.25, 0.3) is 5.76 Å². The van der Waals surface area contributed by atoms with Crippen LogP contribution >= 0.6 is 0 Å². The van der Waals surface area contributed by atoms with Crippen LogP contribution in [0.4, 0.5) is 5.69 Å². The molecule has 0 aromatic heterocycles. The summed E-state index contributed by atoms with van der Waals surface area (Å²) in [5.74, 6) is -1.23. The molecule has 3 rings (SSSR count). The minimum absolute atomic E-state index is 0.248. The fourth-order valence-corrected chi connectivity index (χ4v) is 3.80. The Bertz CT molecular complexity index is 885. The molecule has 0 fully saturated rings. The zero-order valence-corrected chi connectivity index (χ0v) is 12.5. The molecule has 0 unspecified atom stereocenters. The monoisotopic (exact) mass is 315 g/mol. The Balaban J connectivity index is 2.32. The van der Waals surface area contributed by atoms with Crippen molar-refractivity contribution in [1.29, 1.82) is 0 Å². The minimum atomic E-state index is -4.10. The van der Waals surface area contributed by atoms with Gasteiger partial charge in [0.1, 0.15) is 5.76 Å². The number of carbonyl (C=O) groups excluding carboxylic acids is 1. The van der Waals surface area contributed by atoms with Crippen molar-refractivity contribution in [2.24, 2.45) is 0 Å². The number of hydrogen-bond acceptors (Lipinski definition) is 4. The average Bonchev–Trinajstić information content (AvgIpc) is 2.53. The lowest BCUT2D eigenvalue weighted by Gasteiger charge is -2.28. The van der Waals surface area contributed by atoms with Crippen molar-refractivity contribution in [3.63, 3.8) is 0 Å². The second kappa shape index (κ2) is 4.99. The molecule has 22 heavy (non-hydrogen) atoms. The number of anilines is 1.